The van der Waals surface area contributed by atoms with Crippen LogP contribution >= 0.6 is 0 Å². The van der Waals surface area contributed by atoms with E-state index in [0.717, 1.165) is 5.56 Å². The molecule has 3 amide bonds. The molecule has 2 heterocycles. The lowest BCUT2D eigenvalue weighted by molar-refractivity contribution is -0.00798. The summed E-state index contributed by atoms with van der Waals surface area (Å²) in [6.45, 7) is 8.04. The van der Waals surface area contributed by atoms with Gasteiger partial charge in [-0.05, 0) is 64.2 Å². The predicted molar refractivity (Wildman–Crippen MR) is 144 cm³/mol. The number of rotatable bonds is 8. The van der Waals surface area contributed by atoms with Crippen LogP contribution in [0.4, 0.5) is 9.18 Å². The number of pyridine rings is 1. The molecule has 0 saturated carbocycles. The first-order valence-electron chi connectivity index (χ1n) is 13.1. The Bertz CT molecular complexity index is 1140. The molecule has 1 fully saturated rings. The van der Waals surface area contributed by atoms with Crippen LogP contribution in [0.5, 0.6) is 0 Å². The summed E-state index contributed by atoms with van der Waals surface area (Å²) in [4.78, 5) is 43.6. The Hall–Kier alpha value is -3.49. The summed E-state index contributed by atoms with van der Waals surface area (Å²) in [5, 5.41) is 5.40. The van der Waals surface area contributed by atoms with E-state index >= 15 is 4.39 Å². The number of likely N-dealkylation sites (tertiary alicyclic amines) is 1. The lowest BCUT2D eigenvalue weighted by Crippen LogP contribution is -2.49. The van der Waals surface area contributed by atoms with Crippen LogP contribution in [0.1, 0.15) is 91.4 Å². The van der Waals surface area contributed by atoms with Crippen LogP contribution in [0.2, 0.25) is 0 Å². The van der Waals surface area contributed by atoms with E-state index in [4.69, 9.17) is 4.74 Å². The second kappa shape index (κ2) is 12.4. The van der Waals surface area contributed by atoms with Gasteiger partial charge in [-0.2, -0.15) is 0 Å². The van der Waals surface area contributed by atoms with Crippen LogP contribution in [0.15, 0.2) is 42.5 Å². The average molecular weight is 527 g/mol. The Kier molecular flexibility index (Phi) is 9.46. The van der Waals surface area contributed by atoms with Crippen LogP contribution in [0.3, 0.4) is 0 Å². The van der Waals surface area contributed by atoms with Crippen LogP contribution in [-0.4, -0.2) is 65.7 Å². The number of piperidine rings is 1. The number of nitrogens with one attached hydrogen (secondary N) is 2. The first kappa shape index (κ1) is 29.1. The lowest BCUT2D eigenvalue weighted by atomic mass is 9.90. The molecule has 3 rings (SSSR count). The highest BCUT2D eigenvalue weighted by atomic mass is 19.1. The first-order valence-corrected chi connectivity index (χ1v) is 13.1. The van der Waals surface area contributed by atoms with Crippen molar-refractivity contribution >= 4 is 17.9 Å². The topological polar surface area (TPSA) is 101 Å². The number of carbonyl (C=O) groups excluding carboxylic acids is 3. The van der Waals surface area contributed by atoms with Gasteiger partial charge in [-0.3, -0.25) is 9.59 Å². The van der Waals surface area contributed by atoms with Crippen molar-refractivity contribution in [1.29, 1.82) is 0 Å². The molecule has 1 aliphatic heterocycles. The van der Waals surface area contributed by atoms with Crippen molar-refractivity contribution in [3.63, 3.8) is 0 Å². The highest BCUT2D eigenvalue weighted by Crippen LogP contribution is 2.31. The maximum atomic E-state index is 15.5. The fourth-order valence-electron chi connectivity index (χ4n) is 4.54. The van der Waals surface area contributed by atoms with E-state index < -0.39 is 17.4 Å². The van der Waals surface area contributed by atoms with Crippen molar-refractivity contribution in [2.45, 2.75) is 70.6 Å². The van der Waals surface area contributed by atoms with Crippen LogP contribution in [0.25, 0.3) is 0 Å². The number of ether oxygens (including phenoxy) is 1. The molecule has 2 atom stereocenters. The summed E-state index contributed by atoms with van der Waals surface area (Å²) < 4.78 is 20.9. The molecular weight excluding hydrogens is 487 g/mol. The van der Waals surface area contributed by atoms with Gasteiger partial charge >= 0.3 is 6.09 Å². The maximum absolute atomic E-state index is 15.5. The second-order valence-electron chi connectivity index (χ2n) is 10.9. The molecule has 38 heavy (non-hydrogen) atoms. The Labute approximate surface area is 224 Å². The van der Waals surface area contributed by atoms with Gasteiger partial charge in [0.05, 0.1) is 6.54 Å². The summed E-state index contributed by atoms with van der Waals surface area (Å²) in [7, 11) is 1.51. The minimum Gasteiger partial charge on any atom is -0.444 e. The number of amides is 3. The van der Waals surface area contributed by atoms with Gasteiger partial charge < -0.3 is 20.3 Å². The van der Waals surface area contributed by atoms with Gasteiger partial charge in [0, 0.05) is 37.3 Å². The minimum absolute atomic E-state index is 0.0174. The van der Waals surface area contributed by atoms with Crippen molar-refractivity contribution in [3.8, 4) is 0 Å². The molecule has 1 unspecified atom stereocenters. The third-order valence-corrected chi connectivity index (χ3v) is 6.58. The molecule has 0 radical (unpaired) electrons. The molecule has 1 aromatic heterocycles. The number of benzene rings is 1. The molecule has 2 aromatic rings. The van der Waals surface area contributed by atoms with Crippen molar-refractivity contribution < 1.29 is 23.5 Å². The summed E-state index contributed by atoms with van der Waals surface area (Å²) >= 11 is 0. The monoisotopic (exact) mass is 526 g/mol. The lowest BCUT2D eigenvalue weighted by Gasteiger charge is -2.38. The largest absolute Gasteiger partial charge is 0.444 e. The molecule has 1 aromatic carbocycles. The van der Waals surface area contributed by atoms with Crippen molar-refractivity contribution in [1.82, 2.24) is 20.5 Å². The maximum Gasteiger partial charge on any atom is 0.410 e. The SMILES string of the molecule is CNC(=O)c1cc(C(=O)NCCC[C@]2(F)CCCN(C(=O)OC(C)(C)C)C2)cc(C(C)c2ccccc2)n1. The van der Waals surface area contributed by atoms with Crippen molar-refractivity contribution in [2.24, 2.45) is 0 Å². The molecule has 206 valence electrons. The van der Waals surface area contributed by atoms with Gasteiger partial charge in [0.1, 0.15) is 17.0 Å². The fraction of sp³-hybridized carbons (Fsp3) is 0.517. The van der Waals surface area contributed by atoms with Crippen molar-refractivity contribution in [2.75, 3.05) is 26.7 Å². The molecule has 0 spiro atoms. The molecular formula is C29H39FN4O4. The molecule has 1 aliphatic rings. The number of alkyl halides is 1. The van der Waals surface area contributed by atoms with Crippen LogP contribution in [0, 0.1) is 0 Å². The number of aromatic nitrogens is 1. The minimum atomic E-state index is -1.53. The highest BCUT2D eigenvalue weighted by Gasteiger charge is 2.38. The molecule has 0 aliphatic carbocycles. The van der Waals surface area contributed by atoms with Gasteiger partial charge in [0.2, 0.25) is 0 Å². The Balaban J connectivity index is 1.62. The van der Waals surface area contributed by atoms with E-state index in [2.05, 4.69) is 15.6 Å². The standard InChI is InChI=1S/C29H39FN4O4/c1-20(21-11-7-6-8-12-21)23-17-22(18-24(33-23)26(36)31-5)25(35)32-15-9-13-29(30)14-10-16-34(19-29)27(37)38-28(2,3)4/h6-8,11-12,17-18,20H,9-10,13-16,19H2,1-5H3,(H,31,36)(H,32,35)/t20?,29-/m0/s1. The zero-order chi connectivity index (χ0) is 27.9. The quantitative estimate of drug-likeness (QED) is 0.480. The molecule has 9 heteroatoms. The van der Waals surface area contributed by atoms with Gasteiger partial charge in [-0.25, -0.2) is 14.2 Å². The third-order valence-electron chi connectivity index (χ3n) is 6.58. The second-order valence-corrected chi connectivity index (χ2v) is 10.9. The Morgan fingerprint density at radius 2 is 1.87 bits per heavy atom. The van der Waals surface area contributed by atoms with Gasteiger partial charge in [-0.1, -0.05) is 37.3 Å². The Morgan fingerprint density at radius 3 is 2.53 bits per heavy atom. The van der Waals surface area contributed by atoms with E-state index in [-0.39, 0.29) is 42.9 Å². The third kappa shape index (κ3) is 8.00. The Morgan fingerprint density at radius 1 is 1.16 bits per heavy atom. The van der Waals surface area contributed by atoms with E-state index in [9.17, 15) is 14.4 Å². The van der Waals surface area contributed by atoms with Crippen LogP contribution in [-0.2, 0) is 4.74 Å². The number of carbonyl (C=O) groups is 3. The van der Waals surface area contributed by atoms with Gasteiger partial charge in [0.15, 0.2) is 0 Å². The number of hydrogen-bond acceptors (Lipinski definition) is 5. The summed E-state index contributed by atoms with van der Waals surface area (Å²) in [5.74, 6) is -0.864. The summed E-state index contributed by atoms with van der Waals surface area (Å²) in [5.41, 5.74) is -0.0658. The number of halogens is 1. The summed E-state index contributed by atoms with van der Waals surface area (Å²) in [6.07, 6.45) is 1.04. The fourth-order valence-corrected chi connectivity index (χ4v) is 4.54. The molecule has 0 bridgehead atoms. The normalized spacial score (nSPS) is 18.4. The zero-order valence-electron chi connectivity index (χ0n) is 23.0. The van der Waals surface area contributed by atoms with Crippen molar-refractivity contribution in [3.05, 3.63) is 65.0 Å². The highest BCUT2D eigenvalue weighted by molar-refractivity contribution is 5.98. The predicted octanol–water partition coefficient (Wildman–Crippen LogP) is 4.84. The molecule has 2 N–H and O–H groups in total. The van der Waals surface area contributed by atoms with E-state index in [1.807, 2.05) is 37.3 Å². The smallest absolute Gasteiger partial charge is 0.410 e. The molecule has 8 nitrogen and oxygen atoms in total. The van der Waals surface area contributed by atoms with E-state index in [1.165, 1.54) is 18.0 Å². The van der Waals surface area contributed by atoms with E-state index in [1.54, 1.807) is 26.8 Å². The number of hydrogen-bond donors (Lipinski definition) is 2. The van der Waals surface area contributed by atoms with Gasteiger partial charge in [-0.15, -0.1) is 0 Å². The van der Waals surface area contributed by atoms with Gasteiger partial charge in [0.25, 0.3) is 11.8 Å². The molecule has 1 saturated heterocycles. The summed E-state index contributed by atoms with van der Waals surface area (Å²) in [6, 6.07) is 12.9. The van der Waals surface area contributed by atoms with E-state index in [0.29, 0.717) is 37.1 Å². The van der Waals surface area contributed by atoms with Crippen LogP contribution < -0.4 is 10.6 Å². The zero-order valence-corrected chi connectivity index (χ0v) is 23.0. The number of nitrogens with zero attached hydrogens (tertiary/aromatic N) is 2. The first-order chi connectivity index (χ1) is 17.9. The average Bonchev–Trinajstić information content (AvgIpc) is 2.89.